The fraction of sp³-hybridized carbons (Fsp3) is 0.200. The maximum Gasteiger partial charge on any atom is 0.300 e. The van der Waals surface area contributed by atoms with Gasteiger partial charge >= 0.3 is 0 Å². The molecule has 8 heteroatoms. The largest absolute Gasteiger partial charge is 0.507 e. The number of carbonyl (C=O) groups excluding carboxylic acids is 2. The number of amides is 1. The summed E-state index contributed by atoms with van der Waals surface area (Å²) in [5.74, 6) is -1.90. The van der Waals surface area contributed by atoms with Crippen LogP contribution in [0.25, 0.3) is 5.76 Å². The molecule has 33 heavy (non-hydrogen) atoms. The van der Waals surface area contributed by atoms with Gasteiger partial charge in [0.2, 0.25) is 0 Å². The summed E-state index contributed by atoms with van der Waals surface area (Å²) in [5.41, 5.74) is 1.14. The van der Waals surface area contributed by atoms with Crippen LogP contribution < -0.4 is 9.64 Å². The van der Waals surface area contributed by atoms with Gasteiger partial charge in [0.25, 0.3) is 11.7 Å². The van der Waals surface area contributed by atoms with Crippen LogP contribution in [0.15, 0.2) is 64.8 Å². The summed E-state index contributed by atoms with van der Waals surface area (Å²) in [6, 6.07) is 10.8. The van der Waals surface area contributed by atoms with Crippen molar-refractivity contribution in [3.8, 4) is 5.75 Å². The molecule has 0 bridgehead atoms. The lowest BCUT2D eigenvalue weighted by Crippen LogP contribution is -2.29. The minimum absolute atomic E-state index is 0.0324. The van der Waals surface area contributed by atoms with E-state index in [1.807, 2.05) is 20.8 Å². The molecule has 1 fully saturated rings. The lowest BCUT2D eigenvalue weighted by Gasteiger charge is -2.23. The zero-order valence-corrected chi connectivity index (χ0v) is 18.9. The summed E-state index contributed by atoms with van der Waals surface area (Å²) in [4.78, 5) is 27.2. The Balaban J connectivity index is 1.86. The average Bonchev–Trinajstić information content (AvgIpc) is 3.38. The van der Waals surface area contributed by atoms with Crippen LogP contribution in [0.4, 0.5) is 10.1 Å². The molecule has 2 heterocycles. The van der Waals surface area contributed by atoms with Gasteiger partial charge in [0.1, 0.15) is 29.1 Å². The van der Waals surface area contributed by atoms with Gasteiger partial charge in [-0.2, -0.15) is 0 Å². The van der Waals surface area contributed by atoms with Crippen LogP contribution in [-0.4, -0.2) is 22.9 Å². The number of benzene rings is 2. The zero-order chi connectivity index (χ0) is 23.9. The topological polar surface area (TPSA) is 80.0 Å². The van der Waals surface area contributed by atoms with Crippen molar-refractivity contribution in [1.82, 2.24) is 0 Å². The molecule has 0 radical (unpaired) electrons. The highest BCUT2D eigenvalue weighted by atomic mass is 35.5. The predicted octanol–water partition coefficient (Wildman–Crippen LogP) is 5.79. The number of hydrogen-bond donors (Lipinski definition) is 1. The second-order valence-corrected chi connectivity index (χ2v) is 8.34. The van der Waals surface area contributed by atoms with E-state index in [0.717, 1.165) is 16.5 Å². The Morgan fingerprint density at radius 3 is 2.55 bits per heavy atom. The van der Waals surface area contributed by atoms with Gasteiger partial charge in [-0.25, -0.2) is 4.39 Å². The van der Waals surface area contributed by atoms with Gasteiger partial charge in [0, 0.05) is 11.3 Å². The standard InChI is InChI=1S/C25H21ClFNO5/c1-13(2)33-19-9-6-15(11-14(19)3)23(29)21-22(20-5-4-10-32-20)28(25(31)24(21)30)16-7-8-18(27)17(26)12-16/h4-13,22,29H,1-3H3/b23-21-. The second kappa shape index (κ2) is 8.75. The molecular weight excluding hydrogens is 449 g/mol. The molecule has 1 atom stereocenters. The van der Waals surface area contributed by atoms with E-state index < -0.39 is 23.5 Å². The summed E-state index contributed by atoms with van der Waals surface area (Å²) >= 11 is 5.92. The number of aliphatic hydroxyl groups excluding tert-OH is 1. The molecule has 1 aliphatic rings. The summed E-state index contributed by atoms with van der Waals surface area (Å²) in [6.07, 6.45) is 1.37. The van der Waals surface area contributed by atoms with Crippen molar-refractivity contribution < 1.29 is 28.2 Å². The molecule has 0 spiro atoms. The molecule has 1 unspecified atom stereocenters. The maximum atomic E-state index is 13.7. The van der Waals surface area contributed by atoms with Crippen LogP contribution in [-0.2, 0) is 9.59 Å². The van der Waals surface area contributed by atoms with Crippen molar-refractivity contribution in [2.24, 2.45) is 0 Å². The molecule has 0 saturated carbocycles. The smallest absolute Gasteiger partial charge is 0.300 e. The number of carbonyl (C=O) groups is 2. The van der Waals surface area contributed by atoms with Gasteiger partial charge in [-0.05, 0) is 74.9 Å². The number of furan rings is 1. The van der Waals surface area contributed by atoms with E-state index in [2.05, 4.69) is 0 Å². The molecule has 4 rings (SSSR count). The van der Waals surface area contributed by atoms with Crippen molar-refractivity contribution in [3.63, 3.8) is 0 Å². The number of aliphatic hydroxyl groups is 1. The molecule has 1 saturated heterocycles. The number of Topliss-reactive ketones (excluding diaryl/α,β-unsaturated/α-hetero) is 1. The van der Waals surface area contributed by atoms with E-state index in [0.29, 0.717) is 11.3 Å². The van der Waals surface area contributed by atoms with Gasteiger partial charge in [-0.1, -0.05) is 11.6 Å². The van der Waals surface area contributed by atoms with Crippen molar-refractivity contribution in [3.05, 3.63) is 88.1 Å². The highest BCUT2D eigenvalue weighted by Gasteiger charge is 2.48. The second-order valence-electron chi connectivity index (χ2n) is 7.93. The fourth-order valence-corrected chi connectivity index (χ4v) is 3.96. The minimum atomic E-state index is -1.06. The van der Waals surface area contributed by atoms with Crippen molar-refractivity contribution >= 4 is 34.7 Å². The van der Waals surface area contributed by atoms with Crippen LogP contribution in [0.1, 0.15) is 36.8 Å². The molecule has 1 amide bonds. The quantitative estimate of drug-likeness (QED) is 0.290. The summed E-state index contributed by atoms with van der Waals surface area (Å²) < 4.78 is 25.0. The van der Waals surface area contributed by atoms with Crippen molar-refractivity contribution in [2.75, 3.05) is 4.90 Å². The lowest BCUT2D eigenvalue weighted by molar-refractivity contribution is -0.132. The molecule has 2 aromatic carbocycles. The zero-order valence-electron chi connectivity index (χ0n) is 18.1. The van der Waals surface area contributed by atoms with E-state index >= 15 is 0 Å². The monoisotopic (exact) mass is 469 g/mol. The number of rotatable bonds is 5. The van der Waals surface area contributed by atoms with Gasteiger partial charge < -0.3 is 14.3 Å². The number of halogens is 2. The molecule has 3 aromatic rings. The first-order valence-electron chi connectivity index (χ1n) is 10.3. The summed E-state index contributed by atoms with van der Waals surface area (Å²) in [6.45, 7) is 5.62. The molecular formula is C25H21ClFNO5. The lowest BCUT2D eigenvalue weighted by atomic mass is 9.98. The Labute approximate surface area is 194 Å². The van der Waals surface area contributed by atoms with Gasteiger partial charge in [-0.3, -0.25) is 14.5 Å². The highest BCUT2D eigenvalue weighted by Crippen LogP contribution is 2.43. The number of ether oxygens (including phenoxy) is 1. The fourth-order valence-electron chi connectivity index (χ4n) is 3.79. The van der Waals surface area contributed by atoms with E-state index in [4.69, 9.17) is 20.8 Å². The normalized spacial score (nSPS) is 17.8. The van der Waals surface area contributed by atoms with Gasteiger partial charge in [0.05, 0.1) is 23.0 Å². The molecule has 6 nitrogen and oxygen atoms in total. The molecule has 1 N–H and O–H groups in total. The van der Waals surface area contributed by atoms with Gasteiger partial charge in [0.15, 0.2) is 0 Å². The summed E-state index contributed by atoms with van der Waals surface area (Å²) in [7, 11) is 0. The predicted molar refractivity (Wildman–Crippen MR) is 122 cm³/mol. The third kappa shape index (κ3) is 4.12. The number of nitrogens with zero attached hydrogens (tertiary/aromatic N) is 1. The maximum absolute atomic E-state index is 13.7. The van der Waals surface area contributed by atoms with E-state index in [1.54, 1.807) is 30.3 Å². The van der Waals surface area contributed by atoms with Gasteiger partial charge in [-0.15, -0.1) is 0 Å². The van der Waals surface area contributed by atoms with E-state index in [1.165, 1.54) is 18.4 Å². The first kappa shape index (κ1) is 22.6. The van der Waals surface area contributed by atoms with Crippen LogP contribution in [0, 0.1) is 12.7 Å². The van der Waals surface area contributed by atoms with E-state index in [9.17, 15) is 19.1 Å². The number of aryl methyl sites for hydroxylation is 1. The first-order valence-corrected chi connectivity index (χ1v) is 10.6. The Kier molecular flexibility index (Phi) is 5.99. The van der Waals surface area contributed by atoms with Crippen LogP contribution in [0.5, 0.6) is 5.75 Å². The highest BCUT2D eigenvalue weighted by molar-refractivity contribution is 6.51. The Bertz CT molecular complexity index is 1270. The molecule has 170 valence electrons. The Hall–Kier alpha value is -3.58. The first-order chi connectivity index (χ1) is 15.7. The average molecular weight is 470 g/mol. The SMILES string of the molecule is Cc1cc(/C(O)=C2/C(=O)C(=O)N(c3ccc(F)c(Cl)c3)C2c2ccco2)ccc1OC(C)C. The number of anilines is 1. The number of hydrogen-bond acceptors (Lipinski definition) is 5. The van der Waals surface area contributed by atoms with Crippen molar-refractivity contribution in [1.29, 1.82) is 0 Å². The minimum Gasteiger partial charge on any atom is -0.507 e. The van der Waals surface area contributed by atoms with E-state index in [-0.39, 0.29) is 33.9 Å². The van der Waals surface area contributed by atoms with Crippen molar-refractivity contribution in [2.45, 2.75) is 32.9 Å². The molecule has 1 aromatic heterocycles. The summed E-state index contributed by atoms with van der Waals surface area (Å²) in [5, 5.41) is 10.9. The van der Waals surface area contributed by atoms with Crippen LogP contribution >= 0.6 is 11.6 Å². The third-order valence-corrected chi connectivity index (χ3v) is 5.54. The molecule has 1 aliphatic heterocycles. The Morgan fingerprint density at radius 1 is 1.18 bits per heavy atom. The van der Waals surface area contributed by atoms with Crippen LogP contribution in [0.2, 0.25) is 5.02 Å². The van der Waals surface area contributed by atoms with Crippen LogP contribution in [0.3, 0.4) is 0 Å². The Morgan fingerprint density at radius 2 is 1.94 bits per heavy atom. The molecule has 0 aliphatic carbocycles. The number of ketones is 1. The third-order valence-electron chi connectivity index (χ3n) is 5.25.